The lowest BCUT2D eigenvalue weighted by molar-refractivity contribution is 0.459. The standard InChI is InChI=1S/C22H32N4O/c1-18(2)17-24-22(23-13-10-21-9-6-16-27-21)25-19-11-14-26(15-12-19)20-7-4-3-5-8-20/h3-9,16,18-19H,10-15,17H2,1-2H3,(H2,23,24,25). The lowest BCUT2D eigenvalue weighted by Gasteiger charge is -2.34. The Labute approximate surface area is 162 Å². The van der Waals surface area contributed by atoms with Gasteiger partial charge in [-0.3, -0.25) is 4.99 Å². The van der Waals surface area contributed by atoms with Crippen LogP contribution in [0.5, 0.6) is 0 Å². The Morgan fingerprint density at radius 2 is 1.93 bits per heavy atom. The largest absolute Gasteiger partial charge is 0.469 e. The molecule has 0 bridgehead atoms. The molecule has 0 aliphatic carbocycles. The van der Waals surface area contributed by atoms with Gasteiger partial charge in [0.2, 0.25) is 0 Å². The fourth-order valence-electron chi connectivity index (χ4n) is 3.30. The molecule has 3 rings (SSSR count). The normalized spacial score (nSPS) is 16.0. The molecular weight excluding hydrogens is 336 g/mol. The molecule has 0 amide bonds. The second kappa shape index (κ2) is 10.0. The molecule has 1 aliphatic heterocycles. The zero-order valence-electron chi connectivity index (χ0n) is 16.5. The van der Waals surface area contributed by atoms with Crippen LogP contribution in [0.1, 0.15) is 32.4 Å². The van der Waals surface area contributed by atoms with Gasteiger partial charge in [-0.05, 0) is 43.0 Å². The highest BCUT2D eigenvalue weighted by Gasteiger charge is 2.20. The fourth-order valence-corrected chi connectivity index (χ4v) is 3.30. The number of benzene rings is 1. The maximum Gasteiger partial charge on any atom is 0.191 e. The monoisotopic (exact) mass is 368 g/mol. The first-order chi connectivity index (χ1) is 13.2. The minimum Gasteiger partial charge on any atom is -0.469 e. The number of furan rings is 1. The van der Waals surface area contributed by atoms with E-state index >= 15 is 0 Å². The van der Waals surface area contributed by atoms with Crippen LogP contribution in [-0.2, 0) is 6.42 Å². The zero-order valence-corrected chi connectivity index (χ0v) is 16.5. The Morgan fingerprint density at radius 3 is 2.59 bits per heavy atom. The van der Waals surface area contributed by atoms with Crippen molar-refractivity contribution in [1.82, 2.24) is 10.6 Å². The third-order valence-corrected chi connectivity index (χ3v) is 4.82. The number of anilines is 1. The van der Waals surface area contributed by atoms with Crippen LogP contribution in [0.15, 0.2) is 58.1 Å². The summed E-state index contributed by atoms with van der Waals surface area (Å²) in [7, 11) is 0. The van der Waals surface area contributed by atoms with Gasteiger partial charge in [-0.2, -0.15) is 0 Å². The number of piperidine rings is 1. The second-order valence-corrected chi connectivity index (χ2v) is 7.58. The van der Waals surface area contributed by atoms with Crippen molar-refractivity contribution in [2.24, 2.45) is 10.9 Å². The number of hydrogen-bond acceptors (Lipinski definition) is 3. The molecule has 146 valence electrons. The highest BCUT2D eigenvalue weighted by Crippen LogP contribution is 2.19. The number of rotatable bonds is 7. The lowest BCUT2D eigenvalue weighted by Crippen LogP contribution is -2.49. The highest BCUT2D eigenvalue weighted by atomic mass is 16.3. The molecule has 1 aromatic heterocycles. The van der Waals surface area contributed by atoms with Gasteiger partial charge in [0.1, 0.15) is 5.76 Å². The molecule has 1 aromatic carbocycles. The van der Waals surface area contributed by atoms with E-state index in [1.54, 1.807) is 6.26 Å². The van der Waals surface area contributed by atoms with Crippen molar-refractivity contribution in [3.8, 4) is 0 Å². The van der Waals surface area contributed by atoms with Crippen molar-refractivity contribution >= 4 is 11.6 Å². The summed E-state index contributed by atoms with van der Waals surface area (Å²) in [6.07, 6.45) is 4.83. The molecule has 1 fully saturated rings. The van der Waals surface area contributed by atoms with Gasteiger partial charge in [0.15, 0.2) is 5.96 Å². The number of aliphatic imine (C=N–C) groups is 1. The van der Waals surface area contributed by atoms with E-state index < -0.39 is 0 Å². The first-order valence-corrected chi connectivity index (χ1v) is 10.1. The van der Waals surface area contributed by atoms with E-state index in [0.29, 0.717) is 12.0 Å². The average molecular weight is 369 g/mol. The molecule has 1 aliphatic rings. The average Bonchev–Trinajstić information content (AvgIpc) is 3.21. The Kier molecular flexibility index (Phi) is 7.19. The van der Waals surface area contributed by atoms with Gasteiger partial charge in [-0.25, -0.2) is 0 Å². The molecule has 0 unspecified atom stereocenters. The van der Waals surface area contributed by atoms with Crippen LogP contribution in [0.4, 0.5) is 5.69 Å². The van der Waals surface area contributed by atoms with Gasteiger partial charge in [0.25, 0.3) is 0 Å². The maximum atomic E-state index is 5.41. The van der Waals surface area contributed by atoms with E-state index in [4.69, 9.17) is 9.41 Å². The van der Waals surface area contributed by atoms with Crippen LogP contribution in [0, 0.1) is 5.92 Å². The van der Waals surface area contributed by atoms with Crippen molar-refractivity contribution in [3.05, 3.63) is 54.5 Å². The summed E-state index contributed by atoms with van der Waals surface area (Å²) < 4.78 is 5.41. The first kappa shape index (κ1) is 19.3. The van der Waals surface area contributed by atoms with Gasteiger partial charge in [0, 0.05) is 44.3 Å². The van der Waals surface area contributed by atoms with E-state index in [2.05, 4.69) is 59.7 Å². The molecule has 5 nitrogen and oxygen atoms in total. The van der Waals surface area contributed by atoms with Gasteiger partial charge < -0.3 is 20.0 Å². The second-order valence-electron chi connectivity index (χ2n) is 7.58. The van der Waals surface area contributed by atoms with Gasteiger partial charge >= 0.3 is 0 Å². The lowest BCUT2D eigenvalue weighted by atomic mass is 10.0. The Hall–Kier alpha value is -2.43. The van der Waals surface area contributed by atoms with E-state index in [0.717, 1.165) is 57.2 Å². The van der Waals surface area contributed by atoms with E-state index in [1.807, 2.05) is 12.1 Å². The molecule has 2 N–H and O–H groups in total. The third-order valence-electron chi connectivity index (χ3n) is 4.82. The minimum atomic E-state index is 0.465. The van der Waals surface area contributed by atoms with Gasteiger partial charge in [-0.15, -0.1) is 0 Å². The Balaban J connectivity index is 1.49. The van der Waals surface area contributed by atoms with Crippen LogP contribution in [0.3, 0.4) is 0 Å². The predicted molar refractivity (Wildman–Crippen MR) is 112 cm³/mol. The summed E-state index contributed by atoms with van der Waals surface area (Å²) in [5, 5.41) is 7.11. The van der Waals surface area contributed by atoms with Crippen LogP contribution in [0.25, 0.3) is 0 Å². The molecule has 27 heavy (non-hydrogen) atoms. The first-order valence-electron chi connectivity index (χ1n) is 10.1. The highest BCUT2D eigenvalue weighted by molar-refractivity contribution is 5.80. The number of hydrogen-bond donors (Lipinski definition) is 2. The smallest absolute Gasteiger partial charge is 0.191 e. The van der Waals surface area contributed by atoms with Crippen molar-refractivity contribution in [2.45, 2.75) is 39.2 Å². The number of nitrogens with zero attached hydrogens (tertiary/aromatic N) is 2. The van der Waals surface area contributed by atoms with Crippen LogP contribution in [0.2, 0.25) is 0 Å². The quantitative estimate of drug-likeness (QED) is 0.578. The summed E-state index contributed by atoms with van der Waals surface area (Å²) in [5.74, 6) is 2.48. The Morgan fingerprint density at radius 1 is 1.15 bits per heavy atom. The number of para-hydroxylation sites is 1. The minimum absolute atomic E-state index is 0.465. The van der Waals surface area contributed by atoms with Crippen molar-refractivity contribution in [1.29, 1.82) is 0 Å². The van der Waals surface area contributed by atoms with E-state index in [9.17, 15) is 0 Å². The summed E-state index contributed by atoms with van der Waals surface area (Å²) >= 11 is 0. The van der Waals surface area contributed by atoms with E-state index in [1.165, 1.54) is 5.69 Å². The Bertz CT molecular complexity index is 674. The van der Waals surface area contributed by atoms with Gasteiger partial charge in [-0.1, -0.05) is 32.0 Å². The molecule has 0 atom stereocenters. The van der Waals surface area contributed by atoms with Crippen molar-refractivity contribution < 1.29 is 4.42 Å². The number of guanidine groups is 1. The summed E-state index contributed by atoms with van der Waals surface area (Å²) in [5.41, 5.74) is 1.32. The van der Waals surface area contributed by atoms with E-state index in [-0.39, 0.29) is 0 Å². The molecule has 0 spiro atoms. The molecule has 1 saturated heterocycles. The topological polar surface area (TPSA) is 52.8 Å². The number of nitrogens with one attached hydrogen (secondary N) is 2. The predicted octanol–water partition coefficient (Wildman–Crippen LogP) is 3.68. The van der Waals surface area contributed by atoms with Crippen LogP contribution >= 0.6 is 0 Å². The van der Waals surface area contributed by atoms with Crippen LogP contribution in [-0.4, -0.2) is 38.2 Å². The molecule has 2 aromatic rings. The summed E-state index contributed by atoms with van der Waals surface area (Å²) in [6, 6.07) is 15.1. The third kappa shape index (κ3) is 6.35. The molecule has 0 radical (unpaired) electrons. The fraction of sp³-hybridized carbons (Fsp3) is 0.500. The molecular formula is C22H32N4O. The van der Waals surface area contributed by atoms with Crippen molar-refractivity contribution in [2.75, 3.05) is 31.1 Å². The SMILES string of the molecule is CC(C)CN=C(NCCc1ccco1)NC1CCN(c2ccccc2)CC1. The van der Waals surface area contributed by atoms with Crippen LogP contribution < -0.4 is 15.5 Å². The maximum absolute atomic E-state index is 5.41. The molecule has 0 saturated carbocycles. The van der Waals surface area contributed by atoms with Crippen molar-refractivity contribution in [3.63, 3.8) is 0 Å². The zero-order chi connectivity index (χ0) is 18.9. The van der Waals surface area contributed by atoms with Gasteiger partial charge in [0.05, 0.1) is 6.26 Å². The molecule has 2 heterocycles. The summed E-state index contributed by atoms with van der Waals surface area (Å²) in [6.45, 7) is 8.20. The summed E-state index contributed by atoms with van der Waals surface area (Å²) in [4.78, 5) is 7.23. The molecule has 5 heteroatoms.